The molecule has 138 valence electrons. The van der Waals surface area contributed by atoms with Gasteiger partial charge in [0.05, 0.1) is 24.2 Å². The largest absolute Gasteiger partial charge is 0.490 e. The lowest BCUT2D eigenvalue weighted by Crippen LogP contribution is -2.04. The van der Waals surface area contributed by atoms with Crippen LogP contribution in [0.5, 0.6) is 11.5 Å². The molecule has 26 heavy (non-hydrogen) atoms. The van der Waals surface area contributed by atoms with E-state index < -0.39 is 0 Å². The zero-order valence-corrected chi connectivity index (χ0v) is 15.6. The first-order valence-corrected chi connectivity index (χ1v) is 9.02. The van der Waals surface area contributed by atoms with Gasteiger partial charge in [-0.25, -0.2) is 4.79 Å². The molecule has 0 radical (unpaired) electrons. The Morgan fingerprint density at radius 3 is 2.58 bits per heavy atom. The first-order chi connectivity index (χ1) is 12.6. The maximum absolute atomic E-state index is 11.4. The monoisotopic (exact) mass is 375 g/mol. The molecule has 1 heterocycles. The van der Waals surface area contributed by atoms with Crippen LogP contribution >= 0.6 is 11.6 Å². The summed E-state index contributed by atoms with van der Waals surface area (Å²) in [7, 11) is 0. The van der Waals surface area contributed by atoms with Gasteiger partial charge in [-0.15, -0.1) is 0 Å². The highest BCUT2D eigenvalue weighted by Crippen LogP contribution is 2.34. The van der Waals surface area contributed by atoms with Crippen LogP contribution in [0, 0.1) is 0 Å². The minimum Gasteiger partial charge on any atom is -0.490 e. The highest BCUT2D eigenvalue weighted by atomic mass is 35.5. The molecule has 7 heteroatoms. The van der Waals surface area contributed by atoms with Gasteiger partial charge in [0.1, 0.15) is 0 Å². The Labute approximate surface area is 156 Å². The van der Waals surface area contributed by atoms with Crippen LogP contribution in [-0.4, -0.2) is 23.2 Å². The molecule has 0 aliphatic rings. The summed E-state index contributed by atoms with van der Waals surface area (Å²) in [5.41, 5.74) is 3.10. The van der Waals surface area contributed by atoms with Gasteiger partial charge in [0.2, 0.25) is 0 Å². The van der Waals surface area contributed by atoms with E-state index in [0.717, 1.165) is 28.7 Å². The van der Waals surface area contributed by atoms with Crippen molar-refractivity contribution in [3.05, 3.63) is 51.4 Å². The number of aromatic nitrogens is 2. The fourth-order valence-electron chi connectivity index (χ4n) is 2.65. The molecular formula is C19H22ClN3O3. The Balaban J connectivity index is 1.78. The van der Waals surface area contributed by atoms with Crippen LogP contribution in [0.15, 0.2) is 35.1 Å². The van der Waals surface area contributed by atoms with Crippen molar-refractivity contribution < 1.29 is 9.47 Å². The standard InChI is InChI=1S/C19H22ClN3O3/c1-3-7-26-18-10-14(20)12(8-17(18)25-4-2)11-21-13-5-6-15-16(9-13)23-19(24)22-15/h5-6,8-10,21H,3-4,7,11H2,1-2H3,(H2,22,23,24). The molecule has 0 amide bonds. The Morgan fingerprint density at radius 1 is 1.04 bits per heavy atom. The van der Waals surface area contributed by atoms with E-state index >= 15 is 0 Å². The molecular weight excluding hydrogens is 354 g/mol. The van der Waals surface area contributed by atoms with Gasteiger partial charge in [-0.1, -0.05) is 18.5 Å². The Bertz CT molecular complexity index is 949. The predicted octanol–water partition coefficient (Wildman–Crippen LogP) is 4.31. The lowest BCUT2D eigenvalue weighted by atomic mass is 10.2. The smallest absolute Gasteiger partial charge is 0.323 e. The van der Waals surface area contributed by atoms with E-state index in [1.165, 1.54) is 0 Å². The fourth-order valence-corrected chi connectivity index (χ4v) is 2.87. The van der Waals surface area contributed by atoms with Gasteiger partial charge in [0, 0.05) is 23.3 Å². The minimum absolute atomic E-state index is 0.218. The second-order valence-corrected chi connectivity index (χ2v) is 6.27. The number of hydrogen-bond donors (Lipinski definition) is 3. The summed E-state index contributed by atoms with van der Waals surface area (Å²) in [6, 6.07) is 9.34. The van der Waals surface area contributed by atoms with Crippen molar-refractivity contribution in [2.45, 2.75) is 26.8 Å². The number of imidazole rings is 1. The number of aromatic amines is 2. The summed E-state index contributed by atoms with van der Waals surface area (Å²) in [6.07, 6.45) is 0.913. The first-order valence-electron chi connectivity index (χ1n) is 8.64. The Hall–Kier alpha value is -2.60. The highest BCUT2D eigenvalue weighted by Gasteiger charge is 2.11. The van der Waals surface area contributed by atoms with E-state index in [0.29, 0.717) is 36.3 Å². The van der Waals surface area contributed by atoms with E-state index in [-0.39, 0.29) is 5.69 Å². The average Bonchev–Trinajstić information content (AvgIpc) is 2.99. The molecule has 6 nitrogen and oxygen atoms in total. The number of nitrogens with one attached hydrogen (secondary N) is 3. The van der Waals surface area contributed by atoms with Gasteiger partial charge in [-0.05, 0) is 43.2 Å². The van der Waals surface area contributed by atoms with Crippen LogP contribution in [0.1, 0.15) is 25.8 Å². The summed E-state index contributed by atoms with van der Waals surface area (Å²) in [4.78, 5) is 16.8. The van der Waals surface area contributed by atoms with E-state index in [2.05, 4.69) is 22.2 Å². The molecule has 0 fully saturated rings. The molecule has 0 spiro atoms. The van der Waals surface area contributed by atoms with Crippen LogP contribution in [0.25, 0.3) is 11.0 Å². The van der Waals surface area contributed by atoms with Crippen LogP contribution in [0.4, 0.5) is 5.69 Å². The van der Waals surface area contributed by atoms with Gasteiger partial charge in [-0.2, -0.15) is 0 Å². The highest BCUT2D eigenvalue weighted by molar-refractivity contribution is 6.31. The summed E-state index contributed by atoms with van der Waals surface area (Å²) < 4.78 is 11.4. The van der Waals surface area contributed by atoms with Gasteiger partial charge in [-0.3, -0.25) is 0 Å². The van der Waals surface area contributed by atoms with E-state index in [1.54, 1.807) is 6.07 Å². The number of benzene rings is 2. The van der Waals surface area contributed by atoms with Gasteiger partial charge >= 0.3 is 5.69 Å². The summed E-state index contributed by atoms with van der Waals surface area (Å²) >= 11 is 6.42. The molecule has 1 aromatic heterocycles. The number of fused-ring (bicyclic) bond motifs is 1. The molecule has 0 bridgehead atoms. The lowest BCUT2D eigenvalue weighted by Gasteiger charge is -2.15. The maximum atomic E-state index is 11.4. The van der Waals surface area contributed by atoms with Crippen molar-refractivity contribution in [1.29, 1.82) is 0 Å². The van der Waals surface area contributed by atoms with Crippen LogP contribution in [0.3, 0.4) is 0 Å². The molecule has 0 atom stereocenters. The minimum atomic E-state index is -0.218. The molecule has 0 aliphatic carbocycles. The number of ether oxygens (including phenoxy) is 2. The van der Waals surface area contributed by atoms with Gasteiger partial charge < -0.3 is 24.8 Å². The quantitative estimate of drug-likeness (QED) is 0.548. The number of rotatable bonds is 8. The summed E-state index contributed by atoms with van der Waals surface area (Å²) in [5.74, 6) is 1.35. The topological polar surface area (TPSA) is 79.1 Å². The Kier molecular flexibility index (Phi) is 5.73. The van der Waals surface area contributed by atoms with Crippen molar-refractivity contribution in [3.63, 3.8) is 0 Å². The van der Waals surface area contributed by atoms with Gasteiger partial charge in [0.25, 0.3) is 0 Å². The fraction of sp³-hybridized carbons (Fsp3) is 0.316. The molecule has 2 aromatic carbocycles. The molecule has 3 rings (SSSR count). The van der Waals surface area contributed by atoms with Crippen molar-refractivity contribution in [2.75, 3.05) is 18.5 Å². The van der Waals surface area contributed by atoms with Crippen molar-refractivity contribution in [3.8, 4) is 11.5 Å². The number of hydrogen-bond acceptors (Lipinski definition) is 4. The molecule has 0 aliphatic heterocycles. The summed E-state index contributed by atoms with van der Waals surface area (Å²) in [6.45, 7) is 5.67. The van der Waals surface area contributed by atoms with Gasteiger partial charge in [0.15, 0.2) is 11.5 Å². The summed E-state index contributed by atoms with van der Waals surface area (Å²) in [5, 5.41) is 3.93. The third-order valence-electron chi connectivity index (χ3n) is 3.87. The SMILES string of the molecule is CCCOc1cc(Cl)c(CNc2ccc3[nH]c(=O)[nH]c3c2)cc1OCC. The first kappa shape index (κ1) is 18.2. The molecule has 0 saturated carbocycles. The number of H-pyrrole nitrogens is 2. The number of halogens is 1. The van der Waals surface area contributed by atoms with Crippen molar-refractivity contribution >= 4 is 28.3 Å². The zero-order chi connectivity index (χ0) is 18.5. The lowest BCUT2D eigenvalue weighted by molar-refractivity contribution is 0.276. The molecule has 3 aromatic rings. The third-order valence-corrected chi connectivity index (χ3v) is 4.23. The second-order valence-electron chi connectivity index (χ2n) is 5.86. The Morgan fingerprint density at radius 2 is 1.81 bits per heavy atom. The van der Waals surface area contributed by atoms with Crippen molar-refractivity contribution in [1.82, 2.24) is 9.97 Å². The van der Waals surface area contributed by atoms with E-state index in [1.807, 2.05) is 31.2 Å². The van der Waals surface area contributed by atoms with Crippen LogP contribution in [0.2, 0.25) is 5.02 Å². The molecule has 0 saturated heterocycles. The number of anilines is 1. The molecule has 3 N–H and O–H groups in total. The van der Waals surface area contributed by atoms with E-state index in [9.17, 15) is 4.79 Å². The van der Waals surface area contributed by atoms with Crippen molar-refractivity contribution in [2.24, 2.45) is 0 Å². The zero-order valence-electron chi connectivity index (χ0n) is 14.8. The molecule has 0 unspecified atom stereocenters. The third kappa shape index (κ3) is 4.14. The maximum Gasteiger partial charge on any atom is 0.323 e. The average molecular weight is 376 g/mol. The normalized spacial score (nSPS) is 10.9. The van der Waals surface area contributed by atoms with Crippen LogP contribution < -0.4 is 20.5 Å². The second kappa shape index (κ2) is 8.19. The predicted molar refractivity (Wildman–Crippen MR) is 105 cm³/mol. The van der Waals surface area contributed by atoms with E-state index in [4.69, 9.17) is 21.1 Å². The van der Waals surface area contributed by atoms with Crippen LogP contribution in [-0.2, 0) is 6.54 Å².